The highest BCUT2D eigenvalue weighted by Gasteiger charge is 2.30. The van der Waals surface area contributed by atoms with Gasteiger partial charge < -0.3 is 19.7 Å². The number of morpholine rings is 1. The van der Waals surface area contributed by atoms with Crippen LogP contribution in [0.4, 0.5) is 4.79 Å². The van der Waals surface area contributed by atoms with Crippen molar-refractivity contribution in [1.29, 1.82) is 0 Å². The Balaban J connectivity index is 2.02. The molecule has 0 radical (unpaired) electrons. The molecule has 2 aromatic rings. The van der Waals surface area contributed by atoms with Crippen molar-refractivity contribution >= 4 is 17.0 Å². The Morgan fingerprint density at radius 3 is 3.04 bits per heavy atom. The van der Waals surface area contributed by atoms with E-state index in [1.807, 2.05) is 24.4 Å². The van der Waals surface area contributed by atoms with E-state index < -0.39 is 6.09 Å². The Morgan fingerprint density at radius 1 is 1.48 bits per heavy atom. The molecule has 1 atom stereocenters. The van der Waals surface area contributed by atoms with Crippen LogP contribution in [0.25, 0.3) is 10.9 Å². The number of H-pyrrole nitrogens is 1. The van der Waals surface area contributed by atoms with Crippen molar-refractivity contribution in [2.45, 2.75) is 12.5 Å². The van der Waals surface area contributed by atoms with Gasteiger partial charge in [-0.2, -0.15) is 0 Å². The highest BCUT2D eigenvalue weighted by atomic mass is 16.5. The molecule has 3 rings (SSSR count). The first-order valence-corrected chi connectivity index (χ1v) is 7.89. The van der Waals surface area contributed by atoms with E-state index >= 15 is 0 Å². The number of carbonyl (C=O) groups is 1. The fourth-order valence-corrected chi connectivity index (χ4v) is 3.20. The van der Waals surface area contributed by atoms with Gasteiger partial charge in [-0.15, -0.1) is 0 Å². The van der Waals surface area contributed by atoms with Gasteiger partial charge in [-0.05, 0) is 37.7 Å². The number of ether oxygens (including phenoxy) is 1. The molecule has 2 N–H and O–H groups in total. The number of amides is 1. The van der Waals surface area contributed by atoms with Crippen LogP contribution in [-0.2, 0) is 11.2 Å². The van der Waals surface area contributed by atoms with Crippen molar-refractivity contribution in [3.63, 3.8) is 0 Å². The van der Waals surface area contributed by atoms with Crippen LogP contribution in [-0.4, -0.2) is 66.4 Å². The topological polar surface area (TPSA) is 68.8 Å². The van der Waals surface area contributed by atoms with Crippen molar-refractivity contribution in [3.8, 4) is 0 Å². The summed E-state index contributed by atoms with van der Waals surface area (Å²) < 4.78 is 5.56. The standard InChI is InChI=1S/C17H23N3O3/c1-19(2)7-6-12-10-18-14-5-3-4-13(16(12)14)15-11-23-9-8-20(15)17(21)22/h3-5,10,15,18H,6-9,11H2,1-2H3,(H,21,22). The number of likely N-dealkylation sites (N-methyl/N-ethyl adjacent to an activating group) is 1. The van der Waals surface area contributed by atoms with Gasteiger partial charge in [-0.25, -0.2) is 4.79 Å². The third kappa shape index (κ3) is 3.18. The number of nitrogens with zero attached hydrogens (tertiary/aromatic N) is 2. The maximum atomic E-state index is 11.6. The molecule has 1 aromatic carbocycles. The second-order valence-electron chi connectivity index (χ2n) is 6.20. The van der Waals surface area contributed by atoms with Gasteiger partial charge in [-0.1, -0.05) is 12.1 Å². The van der Waals surface area contributed by atoms with E-state index in [4.69, 9.17) is 4.74 Å². The van der Waals surface area contributed by atoms with Crippen LogP contribution in [0.15, 0.2) is 24.4 Å². The molecule has 23 heavy (non-hydrogen) atoms. The Kier molecular flexibility index (Phi) is 4.54. The van der Waals surface area contributed by atoms with Gasteiger partial charge in [0.2, 0.25) is 0 Å². The van der Waals surface area contributed by atoms with Crippen LogP contribution < -0.4 is 0 Å². The minimum absolute atomic E-state index is 0.251. The Labute approximate surface area is 135 Å². The summed E-state index contributed by atoms with van der Waals surface area (Å²) in [6.07, 6.45) is 2.07. The Hall–Kier alpha value is -2.05. The Bertz CT molecular complexity index is 695. The molecule has 1 aliphatic heterocycles. The molecule has 6 heteroatoms. The monoisotopic (exact) mass is 317 g/mol. The molecule has 0 saturated carbocycles. The number of carboxylic acid groups (broad SMARTS) is 1. The van der Waals surface area contributed by atoms with E-state index in [0.717, 1.165) is 29.4 Å². The average Bonchev–Trinajstić information content (AvgIpc) is 2.96. The van der Waals surface area contributed by atoms with Crippen LogP contribution in [0.1, 0.15) is 17.2 Å². The summed E-state index contributed by atoms with van der Waals surface area (Å²) in [5, 5.41) is 10.6. The summed E-state index contributed by atoms with van der Waals surface area (Å²) in [4.78, 5) is 18.5. The fraction of sp³-hybridized carbons (Fsp3) is 0.471. The molecule has 1 unspecified atom stereocenters. The summed E-state index contributed by atoms with van der Waals surface area (Å²) in [5.41, 5.74) is 3.30. The van der Waals surface area contributed by atoms with Crippen LogP contribution in [0.2, 0.25) is 0 Å². The predicted molar refractivity (Wildman–Crippen MR) is 88.8 cm³/mol. The van der Waals surface area contributed by atoms with Gasteiger partial charge in [0.15, 0.2) is 0 Å². The summed E-state index contributed by atoms with van der Waals surface area (Å²) >= 11 is 0. The third-order valence-corrected chi connectivity index (χ3v) is 4.38. The normalized spacial score (nSPS) is 18.7. The quantitative estimate of drug-likeness (QED) is 0.908. The first-order chi connectivity index (χ1) is 11.1. The van der Waals surface area contributed by atoms with Gasteiger partial charge in [0.05, 0.1) is 19.3 Å². The number of benzene rings is 1. The molecule has 0 bridgehead atoms. The minimum atomic E-state index is -0.888. The molecule has 6 nitrogen and oxygen atoms in total. The van der Waals surface area contributed by atoms with E-state index in [2.05, 4.69) is 24.0 Å². The number of nitrogens with one attached hydrogen (secondary N) is 1. The van der Waals surface area contributed by atoms with Crippen molar-refractivity contribution in [2.24, 2.45) is 0 Å². The second kappa shape index (κ2) is 6.60. The maximum absolute atomic E-state index is 11.6. The van der Waals surface area contributed by atoms with E-state index in [1.54, 1.807) is 0 Å². The zero-order chi connectivity index (χ0) is 16.4. The van der Waals surface area contributed by atoms with Gasteiger partial charge >= 0.3 is 6.09 Å². The summed E-state index contributed by atoms with van der Waals surface area (Å²) in [5.74, 6) is 0. The largest absolute Gasteiger partial charge is 0.465 e. The Morgan fingerprint density at radius 2 is 2.30 bits per heavy atom. The average molecular weight is 317 g/mol. The molecule has 124 valence electrons. The zero-order valence-electron chi connectivity index (χ0n) is 13.6. The van der Waals surface area contributed by atoms with Crippen LogP contribution >= 0.6 is 0 Å². The van der Waals surface area contributed by atoms with Crippen LogP contribution in [0.5, 0.6) is 0 Å². The molecule has 2 heterocycles. The molecule has 1 amide bonds. The molecule has 1 aliphatic rings. The summed E-state index contributed by atoms with van der Waals surface area (Å²) in [6, 6.07) is 5.77. The van der Waals surface area contributed by atoms with Crippen LogP contribution in [0.3, 0.4) is 0 Å². The number of aromatic amines is 1. The van der Waals surface area contributed by atoms with Crippen molar-refractivity contribution < 1.29 is 14.6 Å². The van der Waals surface area contributed by atoms with E-state index in [9.17, 15) is 9.90 Å². The predicted octanol–water partition coefficient (Wildman–Crippen LogP) is 2.32. The number of hydrogen-bond donors (Lipinski definition) is 2. The number of fused-ring (bicyclic) bond motifs is 1. The van der Waals surface area contributed by atoms with E-state index in [-0.39, 0.29) is 6.04 Å². The molecule has 0 spiro atoms. The first kappa shape index (κ1) is 15.8. The van der Waals surface area contributed by atoms with Gasteiger partial charge in [0, 0.05) is 30.2 Å². The summed E-state index contributed by atoms with van der Waals surface area (Å²) in [7, 11) is 4.10. The molecule has 0 aliphatic carbocycles. The molecular weight excluding hydrogens is 294 g/mol. The summed E-state index contributed by atoms with van der Waals surface area (Å²) in [6.45, 7) is 2.22. The highest BCUT2D eigenvalue weighted by molar-refractivity contribution is 5.87. The van der Waals surface area contributed by atoms with Crippen molar-refractivity contribution in [1.82, 2.24) is 14.8 Å². The first-order valence-electron chi connectivity index (χ1n) is 7.89. The maximum Gasteiger partial charge on any atom is 0.407 e. The van der Waals surface area contributed by atoms with Crippen molar-refractivity contribution in [3.05, 3.63) is 35.5 Å². The number of hydrogen-bond acceptors (Lipinski definition) is 3. The lowest BCUT2D eigenvalue weighted by Gasteiger charge is -2.34. The fourth-order valence-electron chi connectivity index (χ4n) is 3.20. The van der Waals surface area contributed by atoms with Gasteiger partial charge in [-0.3, -0.25) is 4.90 Å². The minimum Gasteiger partial charge on any atom is -0.465 e. The molecule has 1 saturated heterocycles. The molecular formula is C17H23N3O3. The lowest BCUT2D eigenvalue weighted by atomic mass is 9.97. The van der Waals surface area contributed by atoms with Crippen LogP contribution in [0, 0.1) is 0 Å². The van der Waals surface area contributed by atoms with E-state index in [0.29, 0.717) is 19.8 Å². The zero-order valence-corrected chi connectivity index (χ0v) is 13.6. The van der Waals surface area contributed by atoms with E-state index in [1.165, 1.54) is 10.5 Å². The smallest absolute Gasteiger partial charge is 0.407 e. The van der Waals surface area contributed by atoms with Crippen molar-refractivity contribution in [2.75, 3.05) is 40.4 Å². The number of aromatic nitrogens is 1. The lowest BCUT2D eigenvalue weighted by molar-refractivity contribution is -0.000433. The molecule has 1 fully saturated rings. The highest BCUT2D eigenvalue weighted by Crippen LogP contribution is 2.32. The van der Waals surface area contributed by atoms with Gasteiger partial charge in [0.25, 0.3) is 0 Å². The molecule has 1 aromatic heterocycles. The van der Waals surface area contributed by atoms with Gasteiger partial charge in [0.1, 0.15) is 0 Å². The SMILES string of the molecule is CN(C)CCc1c[nH]c2cccc(C3COCCN3C(=O)O)c12. The third-order valence-electron chi connectivity index (χ3n) is 4.38. The number of rotatable bonds is 4. The second-order valence-corrected chi connectivity index (χ2v) is 6.20. The lowest BCUT2D eigenvalue weighted by Crippen LogP contribution is -2.42.